The summed E-state index contributed by atoms with van der Waals surface area (Å²) in [6.07, 6.45) is 0.658. The predicted molar refractivity (Wildman–Crippen MR) is 81.8 cm³/mol. The molecule has 1 N–H and O–H groups in total. The van der Waals surface area contributed by atoms with Crippen LogP contribution >= 0.6 is 0 Å². The number of likely N-dealkylation sites (tertiary alicyclic amines) is 1. The summed E-state index contributed by atoms with van der Waals surface area (Å²) in [7, 11) is -0.499. The number of rotatable bonds is 4. The van der Waals surface area contributed by atoms with Crippen LogP contribution in [-0.4, -0.2) is 72.7 Å². The van der Waals surface area contributed by atoms with Crippen molar-refractivity contribution >= 4 is 15.9 Å². The van der Waals surface area contributed by atoms with Crippen molar-refractivity contribution in [2.45, 2.75) is 13.0 Å². The Balaban J connectivity index is 2.07. The molecule has 1 aliphatic heterocycles. The monoisotopic (exact) mass is 327 g/mol. The highest BCUT2D eigenvalue weighted by Gasteiger charge is 2.37. The van der Waals surface area contributed by atoms with Crippen molar-refractivity contribution in [1.82, 2.24) is 14.2 Å². The number of sulfonamides is 1. The van der Waals surface area contributed by atoms with Gasteiger partial charge in [0.15, 0.2) is 0 Å². The molecule has 2 rings (SSSR count). The van der Waals surface area contributed by atoms with Gasteiger partial charge >= 0.3 is 0 Å². The number of carbonyl (C=O) groups excluding carboxylic acids is 1. The number of hydrogen-bond acceptors (Lipinski definition) is 5. The Morgan fingerprint density at radius 1 is 1.41 bits per heavy atom. The van der Waals surface area contributed by atoms with E-state index in [-0.39, 0.29) is 24.7 Å². The zero-order valence-corrected chi connectivity index (χ0v) is 13.7. The van der Waals surface area contributed by atoms with Crippen LogP contribution in [0.1, 0.15) is 16.1 Å². The summed E-state index contributed by atoms with van der Waals surface area (Å²) in [4.78, 5) is 17.9. The van der Waals surface area contributed by atoms with E-state index in [9.17, 15) is 18.3 Å². The number of amides is 1. The molecule has 1 fully saturated rings. The topological polar surface area (TPSA) is 90.8 Å². The van der Waals surface area contributed by atoms with Crippen LogP contribution in [0.15, 0.2) is 18.3 Å². The number of aromatic nitrogens is 1. The normalized spacial score (nSPS) is 22.3. The lowest BCUT2D eigenvalue weighted by atomic mass is 10.1. The second kappa shape index (κ2) is 6.31. The summed E-state index contributed by atoms with van der Waals surface area (Å²) in [5, 5.41) is 10.1. The maximum absolute atomic E-state index is 12.4. The summed E-state index contributed by atoms with van der Waals surface area (Å²) in [6.45, 7) is 2.19. The quantitative estimate of drug-likeness (QED) is 0.821. The van der Waals surface area contributed by atoms with Gasteiger partial charge in [-0.1, -0.05) is 0 Å². The second-order valence-corrected chi connectivity index (χ2v) is 8.01. The molecular weight excluding hydrogens is 306 g/mol. The summed E-state index contributed by atoms with van der Waals surface area (Å²) in [6, 6.07) is 3.43. The first-order valence-electron chi connectivity index (χ1n) is 7.01. The maximum atomic E-state index is 12.4. The Bertz CT molecular complexity index is 643. The fourth-order valence-electron chi connectivity index (χ4n) is 2.38. The molecule has 0 unspecified atom stereocenters. The number of β-amino-alcohol motifs (C(OH)–C–C–N with tert-alkyl or cyclic N) is 1. The molecule has 2 heterocycles. The molecule has 1 aliphatic rings. The van der Waals surface area contributed by atoms with Gasteiger partial charge in [-0.3, -0.25) is 9.78 Å². The van der Waals surface area contributed by atoms with E-state index in [1.807, 2.05) is 6.92 Å². The molecule has 0 aliphatic carbocycles. The Kier molecular flexibility index (Phi) is 4.84. The summed E-state index contributed by atoms with van der Waals surface area (Å²) in [5.74, 6) is -0.886. The van der Waals surface area contributed by atoms with Crippen molar-refractivity contribution in [1.29, 1.82) is 0 Å². The van der Waals surface area contributed by atoms with Gasteiger partial charge in [0.25, 0.3) is 5.91 Å². The van der Waals surface area contributed by atoms with Crippen molar-refractivity contribution in [3.8, 4) is 0 Å². The minimum absolute atomic E-state index is 0.139. The van der Waals surface area contributed by atoms with Gasteiger partial charge in [0.1, 0.15) is 0 Å². The Hall–Kier alpha value is -1.51. The SMILES string of the molecule is Cc1ccc(C(=O)N2C[C@@H](CS(=O)(=O)N(C)C)[C@H](O)C2)cn1. The van der Waals surface area contributed by atoms with Crippen LogP contribution in [0.3, 0.4) is 0 Å². The molecule has 1 aromatic heterocycles. The molecule has 1 aromatic rings. The van der Waals surface area contributed by atoms with Crippen molar-refractivity contribution in [2.24, 2.45) is 5.92 Å². The molecule has 0 radical (unpaired) electrons. The zero-order chi connectivity index (χ0) is 16.5. The maximum Gasteiger partial charge on any atom is 0.255 e. The van der Waals surface area contributed by atoms with Crippen molar-refractivity contribution < 1.29 is 18.3 Å². The molecule has 0 spiro atoms. The largest absolute Gasteiger partial charge is 0.391 e. The van der Waals surface area contributed by atoms with E-state index >= 15 is 0 Å². The van der Waals surface area contributed by atoms with Crippen molar-refractivity contribution in [3.63, 3.8) is 0 Å². The minimum atomic E-state index is -3.41. The van der Waals surface area contributed by atoms with Gasteiger partial charge in [0.05, 0.1) is 17.4 Å². The van der Waals surface area contributed by atoms with Crippen LogP contribution < -0.4 is 0 Å². The fraction of sp³-hybridized carbons (Fsp3) is 0.571. The van der Waals surface area contributed by atoms with Crippen molar-refractivity contribution in [2.75, 3.05) is 32.9 Å². The molecule has 1 saturated heterocycles. The van der Waals surface area contributed by atoms with E-state index in [0.717, 1.165) is 10.00 Å². The van der Waals surface area contributed by atoms with Gasteiger partial charge in [-0.2, -0.15) is 0 Å². The lowest BCUT2D eigenvalue weighted by molar-refractivity contribution is 0.0764. The Labute approximate surface area is 130 Å². The summed E-state index contributed by atoms with van der Waals surface area (Å²) < 4.78 is 25.0. The minimum Gasteiger partial charge on any atom is -0.391 e. The average Bonchev–Trinajstić information content (AvgIpc) is 2.79. The van der Waals surface area contributed by atoms with E-state index < -0.39 is 22.0 Å². The first kappa shape index (κ1) is 16.9. The molecule has 0 saturated carbocycles. The van der Waals surface area contributed by atoms with Gasteiger partial charge in [-0.15, -0.1) is 0 Å². The van der Waals surface area contributed by atoms with Gasteiger partial charge in [0.2, 0.25) is 10.0 Å². The molecule has 7 nitrogen and oxygen atoms in total. The number of aliphatic hydroxyl groups is 1. The Morgan fingerprint density at radius 3 is 2.64 bits per heavy atom. The molecular formula is C14H21N3O4S. The van der Waals surface area contributed by atoms with E-state index in [1.165, 1.54) is 25.2 Å². The van der Waals surface area contributed by atoms with E-state index in [1.54, 1.807) is 12.1 Å². The third-order valence-electron chi connectivity index (χ3n) is 3.83. The van der Waals surface area contributed by atoms with E-state index in [2.05, 4.69) is 4.98 Å². The first-order valence-corrected chi connectivity index (χ1v) is 8.62. The smallest absolute Gasteiger partial charge is 0.255 e. The zero-order valence-electron chi connectivity index (χ0n) is 12.9. The lowest BCUT2D eigenvalue weighted by Gasteiger charge is -2.18. The van der Waals surface area contributed by atoms with Crippen LogP contribution in [0.4, 0.5) is 0 Å². The second-order valence-electron chi connectivity index (χ2n) is 5.79. The average molecular weight is 327 g/mol. The van der Waals surface area contributed by atoms with Crippen LogP contribution in [0.5, 0.6) is 0 Å². The van der Waals surface area contributed by atoms with Gasteiger partial charge in [0, 0.05) is 45.0 Å². The summed E-state index contributed by atoms with van der Waals surface area (Å²) in [5.41, 5.74) is 1.25. The standard InChI is InChI=1S/C14H21N3O4S/c1-10-4-5-11(6-15-10)14(19)17-7-12(13(18)8-17)9-22(20,21)16(2)3/h4-6,12-13,18H,7-9H2,1-3H3/t12-,13+/m0/s1. The molecule has 22 heavy (non-hydrogen) atoms. The van der Waals surface area contributed by atoms with Gasteiger partial charge < -0.3 is 10.0 Å². The van der Waals surface area contributed by atoms with Crippen molar-refractivity contribution in [3.05, 3.63) is 29.6 Å². The van der Waals surface area contributed by atoms with Crippen LogP contribution in [0.25, 0.3) is 0 Å². The molecule has 0 bridgehead atoms. The van der Waals surface area contributed by atoms with Crippen LogP contribution in [-0.2, 0) is 10.0 Å². The highest BCUT2D eigenvalue weighted by Crippen LogP contribution is 2.21. The number of hydrogen-bond donors (Lipinski definition) is 1. The third kappa shape index (κ3) is 3.63. The molecule has 0 aromatic carbocycles. The molecule has 8 heteroatoms. The number of pyridine rings is 1. The predicted octanol–water partition coefficient (Wildman–Crippen LogP) is -0.286. The van der Waals surface area contributed by atoms with Crippen LogP contribution in [0, 0.1) is 12.8 Å². The lowest BCUT2D eigenvalue weighted by Crippen LogP contribution is -2.33. The number of aliphatic hydroxyl groups excluding tert-OH is 1. The van der Waals surface area contributed by atoms with Gasteiger partial charge in [-0.25, -0.2) is 12.7 Å². The van der Waals surface area contributed by atoms with E-state index in [4.69, 9.17) is 0 Å². The van der Waals surface area contributed by atoms with Gasteiger partial charge in [-0.05, 0) is 19.1 Å². The Morgan fingerprint density at radius 2 is 2.09 bits per heavy atom. The number of aryl methyl sites for hydroxylation is 1. The summed E-state index contributed by atoms with van der Waals surface area (Å²) >= 11 is 0. The van der Waals surface area contributed by atoms with Crippen LogP contribution in [0.2, 0.25) is 0 Å². The fourth-order valence-corrected chi connectivity index (χ4v) is 3.55. The highest BCUT2D eigenvalue weighted by atomic mass is 32.2. The number of nitrogens with zero attached hydrogens (tertiary/aromatic N) is 3. The third-order valence-corrected chi connectivity index (χ3v) is 5.80. The highest BCUT2D eigenvalue weighted by molar-refractivity contribution is 7.89. The first-order chi connectivity index (χ1) is 10.2. The number of carbonyl (C=O) groups is 1. The molecule has 122 valence electrons. The van der Waals surface area contributed by atoms with E-state index in [0.29, 0.717) is 5.56 Å². The molecule has 1 amide bonds. The molecule has 2 atom stereocenters.